The van der Waals surface area contributed by atoms with Gasteiger partial charge in [-0.05, 0) is 55.7 Å². The molecule has 118 valence electrons. The van der Waals surface area contributed by atoms with Gasteiger partial charge in [-0.25, -0.2) is 0 Å². The molecular weight excluding hydrogens is 290 g/mol. The molecule has 1 heterocycles. The zero-order valence-electron chi connectivity index (χ0n) is 13.7. The molecule has 0 aliphatic carbocycles. The quantitative estimate of drug-likeness (QED) is 0.582. The lowest BCUT2D eigenvalue weighted by Gasteiger charge is -2.10. The van der Waals surface area contributed by atoms with Gasteiger partial charge in [0, 0.05) is 10.9 Å². The lowest BCUT2D eigenvalue weighted by Crippen LogP contribution is -2.03. The molecule has 3 aromatic rings. The summed E-state index contributed by atoms with van der Waals surface area (Å²) in [5.41, 5.74) is 11.2. The van der Waals surface area contributed by atoms with Gasteiger partial charge in [-0.2, -0.15) is 0 Å². The second-order valence-corrected chi connectivity index (χ2v) is 5.77. The number of benzene rings is 2. The van der Waals surface area contributed by atoms with Crippen LogP contribution in [0.2, 0.25) is 0 Å². The van der Waals surface area contributed by atoms with Gasteiger partial charge in [-0.1, -0.05) is 6.07 Å². The van der Waals surface area contributed by atoms with Crippen molar-refractivity contribution in [2.24, 2.45) is 0 Å². The van der Waals surface area contributed by atoms with Crippen LogP contribution in [0.5, 0.6) is 5.75 Å². The van der Waals surface area contributed by atoms with E-state index in [1.54, 1.807) is 13.2 Å². The summed E-state index contributed by atoms with van der Waals surface area (Å²) in [7, 11) is 1.60. The molecule has 2 N–H and O–H groups in total. The lowest BCUT2D eigenvalue weighted by atomic mass is 9.97. The predicted molar refractivity (Wildman–Crippen MR) is 91.3 cm³/mol. The van der Waals surface area contributed by atoms with E-state index in [4.69, 9.17) is 14.9 Å². The maximum atomic E-state index is 12.9. The van der Waals surface area contributed by atoms with E-state index >= 15 is 0 Å². The Bertz CT molecular complexity index is 922. The topological polar surface area (TPSA) is 65.5 Å². The van der Waals surface area contributed by atoms with Gasteiger partial charge in [0.1, 0.15) is 12.0 Å². The van der Waals surface area contributed by atoms with Gasteiger partial charge in [-0.15, -0.1) is 0 Å². The summed E-state index contributed by atoms with van der Waals surface area (Å²) in [5, 5.41) is 0.732. The Morgan fingerprint density at radius 3 is 2.57 bits per heavy atom. The summed E-state index contributed by atoms with van der Waals surface area (Å²) < 4.78 is 10.9. The summed E-state index contributed by atoms with van der Waals surface area (Å²) in [4.78, 5) is 12.9. The number of rotatable bonds is 3. The first kappa shape index (κ1) is 15.2. The molecule has 0 amide bonds. The maximum Gasteiger partial charge on any atom is 0.197 e. The van der Waals surface area contributed by atoms with Crippen molar-refractivity contribution in [2.45, 2.75) is 20.8 Å². The molecule has 4 heteroatoms. The van der Waals surface area contributed by atoms with E-state index in [1.165, 1.54) is 6.26 Å². The van der Waals surface area contributed by atoms with Gasteiger partial charge < -0.3 is 14.9 Å². The minimum atomic E-state index is -0.103. The first-order chi connectivity index (χ1) is 10.9. The molecule has 0 saturated heterocycles. The van der Waals surface area contributed by atoms with Crippen LogP contribution in [-0.2, 0) is 0 Å². The van der Waals surface area contributed by atoms with E-state index < -0.39 is 0 Å². The number of anilines is 1. The van der Waals surface area contributed by atoms with Crippen molar-refractivity contribution >= 4 is 22.4 Å². The Morgan fingerprint density at radius 2 is 1.87 bits per heavy atom. The Kier molecular flexibility index (Phi) is 3.60. The molecule has 3 rings (SSSR count). The maximum absolute atomic E-state index is 12.9. The molecule has 1 aromatic heterocycles. The third kappa shape index (κ3) is 2.36. The summed E-state index contributed by atoms with van der Waals surface area (Å²) >= 11 is 0. The highest BCUT2D eigenvalue weighted by Gasteiger charge is 2.19. The van der Waals surface area contributed by atoms with Crippen molar-refractivity contribution in [1.29, 1.82) is 0 Å². The van der Waals surface area contributed by atoms with Gasteiger partial charge in [-0.3, -0.25) is 4.79 Å². The second kappa shape index (κ2) is 5.47. The smallest absolute Gasteiger partial charge is 0.197 e. The van der Waals surface area contributed by atoms with E-state index in [0.717, 1.165) is 22.1 Å². The van der Waals surface area contributed by atoms with Crippen LogP contribution in [0.4, 0.5) is 5.69 Å². The second-order valence-electron chi connectivity index (χ2n) is 5.77. The molecule has 0 fully saturated rings. The van der Waals surface area contributed by atoms with E-state index in [1.807, 2.05) is 39.0 Å². The van der Waals surface area contributed by atoms with Crippen LogP contribution in [0.3, 0.4) is 0 Å². The van der Waals surface area contributed by atoms with Gasteiger partial charge in [0.2, 0.25) is 0 Å². The van der Waals surface area contributed by atoms with Gasteiger partial charge in [0.25, 0.3) is 0 Å². The normalized spacial score (nSPS) is 11.0. The summed E-state index contributed by atoms with van der Waals surface area (Å²) in [6, 6.07) is 7.40. The number of ether oxygens (including phenoxy) is 1. The third-order valence-corrected chi connectivity index (χ3v) is 4.35. The molecule has 0 aliphatic rings. The highest BCUT2D eigenvalue weighted by molar-refractivity contribution is 6.17. The van der Waals surface area contributed by atoms with Crippen molar-refractivity contribution in [1.82, 2.24) is 0 Å². The van der Waals surface area contributed by atoms with E-state index in [9.17, 15) is 4.79 Å². The average Bonchev–Trinajstić information content (AvgIpc) is 2.97. The minimum absolute atomic E-state index is 0.103. The molecule has 0 radical (unpaired) electrons. The van der Waals surface area contributed by atoms with Crippen LogP contribution in [0.25, 0.3) is 11.0 Å². The lowest BCUT2D eigenvalue weighted by molar-refractivity contribution is 0.103. The van der Waals surface area contributed by atoms with E-state index in [-0.39, 0.29) is 5.78 Å². The molecule has 0 unspecified atom stereocenters. The number of fused-ring (bicyclic) bond motifs is 1. The SMILES string of the molecule is COc1cc(C(=O)c2coc3c(N)c(C)ccc23)cc(C)c1C. The molecule has 2 aromatic carbocycles. The summed E-state index contributed by atoms with van der Waals surface area (Å²) in [6.07, 6.45) is 1.48. The van der Waals surface area contributed by atoms with Crippen LogP contribution in [0.1, 0.15) is 32.6 Å². The van der Waals surface area contributed by atoms with E-state index in [2.05, 4.69) is 0 Å². The number of carbonyl (C=O) groups excluding carboxylic acids is 1. The van der Waals surface area contributed by atoms with Crippen molar-refractivity contribution in [3.63, 3.8) is 0 Å². The van der Waals surface area contributed by atoms with Crippen LogP contribution in [0, 0.1) is 20.8 Å². The Hall–Kier alpha value is -2.75. The number of hydrogen-bond acceptors (Lipinski definition) is 4. The molecular formula is C19H19NO3. The number of nitrogen functional groups attached to an aromatic ring is 1. The number of carbonyl (C=O) groups is 1. The van der Waals surface area contributed by atoms with Crippen molar-refractivity contribution < 1.29 is 13.9 Å². The highest BCUT2D eigenvalue weighted by Crippen LogP contribution is 2.31. The standard InChI is InChI=1S/C19H19NO3/c1-10-5-6-14-15(9-23-19(14)17(10)20)18(21)13-7-11(2)12(3)16(8-13)22-4/h5-9H,20H2,1-4H3. The van der Waals surface area contributed by atoms with Crippen molar-refractivity contribution in [3.8, 4) is 5.75 Å². The zero-order chi connectivity index (χ0) is 16.7. The Balaban J connectivity index is 2.15. The highest BCUT2D eigenvalue weighted by atomic mass is 16.5. The number of aryl methyl sites for hydroxylation is 2. The monoisotopic (exact) mass is 309 g/mol. The molecule has 0 saturated carbocycles. The van der Waals surface area contributed by atoms with Gasteiger partial charge in [0.15, 0.2) is 11.4 Å². The fraction of sp³-hybridized carbons (Fsp3) is 0.211. The number of hydrogen-bond donors (Lipinski definition) is 1. The van der Waals surface area contributed by atoms with Crippen molar-refractivity contribution in [2.75, 3.05) is 12.8 Å². The largest absolute Gasteiger partial charge is 0.496 e. The van der Waals surface area contributed by atoms with Crippen LogP contribution < -0.4 is 10.5 Å². The first-order valence-electron chi connectivity index (χ1n) is 7.40. The predicted octanol–water partition coefficient (Wildman–Crippen LogP) is 4.18. The average molecular weight is 309 g/mol. The summed E-state index contributed by atoms with van der Waals surface area (Å²) in [5.74, 6) is 0.602. The fourth-order valence-electron chi connectivity index (χ4n) is 2.72. The molecule has 0 spiro atoms. The third-order valence-electron chi connectivity index (χ3n) is 4.35. The Labute approximate surface area is 134 Å². The number of nitrogens with two attached hydrogens (primary N) is 1. The first-order valence-corrected chi connectivity index (χ1v) is 7.40. The van der Waals surface area contributed by atoms with Crippen LogP contribution in [-0.4, -0.2) is 12.9 Å². The molecule has 0 bridgehead atoms. The molecule has 0 aliphatic heterocycles. The molecule has 4 nitrogen and oxygen atoms in total. The zero-order valence-corrected chi connectivity index (χ0v) is 13.7. The number of furan rings is 1. The van der Waals surface area contributed by atoms with Crippen LogP contribution >= 0.6 is 0 Å². The number of ketones is 1. The molecule has 23 heavy (non-hydrogen) atoms. The van der Waals surface area contributed by atoms with Crippen LogP contribution in [0.15, 0.2) is 34.9 Å². The van der Waals surface area contributed by atoms with Gasteiger partial charge in [0.05, 0.1) is 18.4 Å². The number of methoxy groups -OCH3 is 1. The fourth-order valence-corrected chi connectivity index (χ4v) is 2.72. The molecule has 0 atom stereocenters. The summed E-state index contributed by atoms with van der Waals surface area (Å²) in [6.45, 7) is 5.84. The van der Waals surface area contributed by atoms with Crippen molar-refractivity contribution in [3.05, 3.63) is 58.3 Å². The minimum Gasteiger partial charge on any atom is -0.496 e. The Morgan fingerprint density at radius 1 is 1.13 bits per heavy atom. The van der Waals surface area contributed by atoms with Gasteiger partial charge >= 0.3 is 0 Å². The van der Waals surface area contributed by atoms with E-state index in [0.29, 0.717) is 28.1 Å².